The molecule has 11 nitrogen and oxygen atoms in total. The summed E-state index contributed by atoms with van der Waals surface area (Å²) in [6.45, 7) is 18.1. The van der Waals surface area contributed by atoms with Gasteiger partial charge in [0.1, 0.15) is 18.1 Å². The summed E-state index contributed by atoms with van der Waals surface area (Å²) >= 11 is 0. The van der Waals surface area contributed by atoms with Gasteiger partial charge in [-0.3, -0.25) is 19.3 Å². The molecule has 226 valence electrons. The first kappa shape index (κ1) is 33.3. The molecule has 2 fully saturated rings. The standard InChI is InChI=1S/C29H51N7O4/c1-9-13-35(14-10-2)21-16-22(25(38)32-20(17-30)15-19-11-12-31-24(19)37)36(18-21)26(39)23(28(3,4)5)33-27(40)34-29(6,7)8/h19-23H,9-16,18H2,1-8H3,(H,31,37)(H,32,38)(H2,33,34,40)/t19-,20-,21+,22-,23+/m0/s1. The van der Waals surface area contributed by atoms with Gasteiger partial charge in [-0.05, 0) is 71.4 Å². The van der Waals surface area contributed by atoms with E-state index in [0.717, 1.165) is 25.9 Å². The van der Waals surface area contributed by atoms with Crippen molar-refractivity contribution in [3.05, 3.63) is 0 Å². The monoisotopic (exact) mass is 561 g/mol. The molecule has 0 radical (unpaired) electrons. The van der Waals surface area contributed by atoms with E-state index < -0.39 is 41.0 Å². The van der Waals surface area contributed by atoms with Crippen molar-refractivity contribution in [3.63, 3.8) is 0 Å². The van der Waals surface area contributed by atoms with E-state index >= 15 is 0 Å². The number of likely N-dealkylation sites (tertiary alicyclic amines) is 1. The smallest absolute Gasteiger partial charge is 0.315 e. The fourth-order valence-corrected chi connectivity index (χ4v) is 5.51. The summed E-state index contributed by atoms with van der Waals surface area (Å²) in [7, 11) is 0. The van der Waals surface area contributed by atoms with Crippen molar-refractivity contribution in [2.75, 3.05) is 26.2 Å². The molecule has 2 aliphatic rings. The zero-order chi connectivity index (χ0) is 30.3. The van der Waals surface area contributed by atoms with Gasteiger partial charge >= 0.3 is 6.03 Å². The van der Waals surface area contributed by atoms with Crippen LogP contribution in [-0.4, -0.2) is 89.4 Å². The van der Waals surface area contributed by atoms with E-state index in [4.69, 9.17) is 0 Å². The lowest BCUT2D eigenvalue weighted by atomic mass is 9.85. The van der Waals surface area contributed by atoms with Crippen molar-refractivity contribution in [1.82, 2.24) is 31.1 Å². The SMILES string of the molecule is CCCN(CCC)[C@@H]1C[C@@H](C(=O)N[C@H](C#N)C[C@@H]2CCNC2=O)N(C(=O)[C@@H](NC(=O)NC(C)(C)C)C(C)(C)C)C1. The molecule has 5 atom stereocenters. The van der Waals surface area contributed by atoms with Gasteiger partial charge in [0, 0.05) is 30.6 Å². The van der Waals surface area contributed by atoms with Gasteiger partial charge in [-0.2, -0.15) is 5.26 Å². The molecule has 2 rings (SSSR count). The Labute approximate surface area is 240 Å². The Bertz CT molecular complexity index is 943. The quantitative estimate of drug-likeness (QED) is 0.304. The molecule has 2 heterocycles. The molecule has 0 unspecified atom stereocenters. The van der Waals surface area contributed by atoms with Crippen molar-refractivity contribution >= 4 is 23.8 Å². The summed E-state index contributed by atoms with van der Waals surface area (Å²) in [6.07, 6.45) is 3.18. The van der Waals surface area contributed by atoms with Crippen LogP contribution in [0.3, 0.4) is 0 Å². The second-order valence-corrected chi connectivity index (χ2v) is 13.3. The number of nitrogens with one attached hydrogen (secondary N) is 4. The van der Waals surface area contributed by atoms with Gasteiger partial charge in [-0.25, -0.2) is 4.79 Å². The van der Waals surface area contributed by atoms with Gasteiger partial charge in [0.2, 0.25) is 17.7 Å². The fraction of sp³-hybridized carbons (Fsp3) is 0.828. The van der Waals surface area contributed by atoms with Crippen LogP contribution in [0.4, 0.5) is 4.79 Å². The zero-order valence-electron chi connectivity index (χ0n) is 25.7. The van der Waals surface area contributed by atoms with E-state index in [1.807, 2.05) is 41.5 Å². The van der Waals surface area contributed by atoms with Crippen LogP contribution in [-0.2, 0) is 14.4 Å². The number of nitrogens with zero attached hydrogens (tertiary/aromatic N) is 3. The first-order chi connectivity index (χ1) is 18.6. The van der Waals surface area contributed by atoms with E-state index in [0.29, 0.717) is 25.9 Å². The van der Waals surface area contributed by atoms with Gasteiger partial charge in [0.05, 0.1) is 6.07 Å². The summed E-state index contributed by atoms with van der Waals surface area (Å²) in [5, 5.41) is 21.1. The van der Waals surface area contributed by atoms with Crippen LogP contribution in [0.2, 0.25) is 0 Å². The highest BCUT2D eigenvalue weighted by atomic mass is 16.2. The van der Waals surface area contributed by atoms with Crippen molar-refractivity contribution < 1.29 is 19.2 Å². The van der Waals surface area contributed by atoms with Crippen LogP contribution >= 0.6 is 0 Å². The normalized spacial score (nSPS) is 22.9. The Balaban J connectivity index is 2.33. The lowest BCUT2D eigenvalue weighted by molar-refractivity contribution is -0.142. The summed E-state index contributed by atoms with van der Waals surface area (Å²) in [6, 6.07) is -0.849. The molecule has 0 saturated carbocycles. The van der Waals surface area contributed by atoms with Gasteiger partial charge < -0.3 is 26.2 Å². The molecular weight excluding hydrogens is 510 g/mol. The van der Waals surface area contributed by atoms with Crippen LogP contribution in [0.15, 0.2) is 0 Å². The number of urea groups is 1. The Kier molecular flexibility index (Phi) is 11.8. The van der Waals surface area contributed by atoms with E-state index in [1.54, 1.807) is 4.90 Å². The van der Waals surface area contributed by atoms with Crippen molar-refractivity contribution in [2.45, 2.75) is 117 Å². The van der Waals surface area contributed by atoms with Crippen LogP contribution in [0, 0.1) is 22.7 Å². The van der Waals surface area contributed by atoms with Crippen LogP contribution in [0.5, 0.6) is 0 Å². The topological polar surface area (TPSA) is 147 Å². The molecule has 5 amide bonds. The highest BCUT2D eigenvalue weighted by Gasteiger charge is 2.46. The van der Waals surface area contributed by atoms with Crippen molar-refractivity contribution in [1.29, 1.82) is 5.26 Å². The molecule has 0 spiro atoms. The average Bonchev–Trinajstić information content (AvgIpc) is 3.46. The molecule has 2 saturated heterocycles. The van der Waals surface area contributed by atoms with E-state index in [9.17, 15) is 24.4 Å². The molecule has 11 heteroatoms. The predicted molar refractivity (Wildman–Crippen MR) is 154 cm³/mol. The third kappa shape index (κ3) is 9.36. The molecule has 0 aromatic rings. The highest BCUT2D eigenvalue weighted by Crippen LogP contribution is 2.29. The Morgan fingerprint density at radius 2 is 1.73 bits per heavy atom. The van der Waals surface area contributed by atoms with Gasteiger partial charge in [-0.15, -0.1) is 0 Å². The number of hydrogen-bond donors (Lipinski definition) is 4. The number of nitriles is 1. The third-order valence-electron chi connectivity index (χ3n) is 7.44. The Morgan fingerprint density at radius 1 is 1.10 bits per heavy atom. The molecule has 0 aromatic carbocycles. The molecule has 0 aromatic heterocycles. The third-order valence-corrected chi connectivity index (χ3v) is 7.44. The molecule has 0 bridgehead atoms. The predicted octanol–water partition coefficient (Wildman–Crippen LogP) is 2.12. The van der Waals surface area contributed by atoms with Crippen molar-refractivity contribution in [3.8, 4) is 6.07 Å². The van der Waals surface area contributed by atoms with E-state index in [1.165, 1.54) is 0 Å². The second-order valence-electron chi connectivity index (χ2n) is 13.3. The molecule has 0 aliphatic carbocycles. The molecule has 2 aliphatic heterocycles. The maximum Gasteiger partial charge on any atom is 0.315 e. The van der Waals surface area contributed by atoms with Gasteiger partial charge in [0.15, 0.2) is 0 Å². The molecule has 40 heavy (non-hydrogen) atoms. The highest BCUT2D eigenvalue weighted by molar-refractivity contribution is 5.93. The zero-order valence-corrected chi connectivity index (χ0v) is 25.7. The lowest BCUT2D eigenvalue weighted by Crippen LogP contribution is -2.60. The average molecular weight is 562 g/mol. The van der Waals surface area contributed by atoms with Crippen LogP contribution in [0.25, 0.3) is 0 Å². The summed E-state index contributed by atoms with van der Waals surface area (Å²) in [4.78, 5) is 56.6. The fourth-order valence-electron chi connectivity index (χ4n) is 5.51. The largest absolute Gasteiger partial charge is 0.356 e. The Hall–Kier alpha value is -2.87. The van der Waals surface area contributed by atoms with E-state index in [-0.39, 0.29) is 30.2 Å². The number of hydrogen-bond acceptors (Lipinski definition) is 6. The molecule has 4 N–H and O–H groups in total. The minimum atomic E-state index is -0.872. The summed E-state index contributed by atoms with van der Waals surface area (Å²) in [5.41, 5.74) is -1.11. The van der Waals surface area contributed by atoms with Gasteiger partial charge in [0.25, 0.3) is 0 Å². The number of carbonyl (C=O) groups excluding carboxylic acids is 4. The maximum absolute atomic E-state index is 14.1. The first-order valence-corrected chi connectivity index (χ1v) is 14.7. The number of rotatable bonds is 11. The minimum absolute atomic E-state index is 0.0234. The van der Waals surface area contributed by atoms with Gasteiger partial charge in [-0.1, -0.05) is 34.6 Å². The lowest BCUT2D eigenvalue weighted by Gasteiger charge is -2.36. The summed E-state index contributed by atoms with van der Waals surface area (Å²) < 4.78 is 0. The number of amides is 5. The van der Waals surface area contributed by atoms with Crippen molar-refractivity contribution in [2.24, 2.45) is 11.3 Å². The molecular formula is C29H51N7O4. The number of carbonyl (C=O) groups is 4. The second kappa shape index (κ2) is 14.2. The minimum Gasteiger partial charge on any atom is -0.356 e. The van der Waals surface area contributed by atoms with E-state index in [2.05, 4.69) is 46.1 Å². The Morgan fingerprint density at radius 3 is 2.20 bits per heavy atom. The summed E-state index contributed by atoms with van der Waals surface area (Å²) in [5.74, 6) is -1.15. The first-order valence-electron chi connectivity index (χ1n) is 14.7. The van der Waals surface area contributed by atoms with Crippen LogP contribution < -0.4 is 21.3 Å². The van der Waals surface area contributed by atoms with Crippen LogP contribution in [0.1, 0.15) is 87.5 Å². The maximum atomic E-state index is 14.1.